The largest absolute Gasteiger partial charge is 0.375 e. The van der Waals surface area contributed by atoms with Crippen molar-refractivity contribution in [1.29, 1.82) is 5.26 Å². The van der Waals surface area contributed by atoms with Gasteiger partial charge in [0.2, 0.25) is 0 Å². The molecule has 2 heteroatoms. The van der Waals surface area contributed by atoms with Crippen LogP contribution < -0.4 is 0 Å². The fraction of sp³-hybridized carbons (Fsp3) is 0.800. The molecule has 0 aromatic heterocycles. The zero-order valence-corrected chi connectivity index (χ0v) is 11.0. The maximum atomic E-state index is 9.00. The van der Waals surface area contributed by atoms with Gasteiger partial charge in [-0.1, -0.05) is 6.42 Å². The Kier molecular flexibility index (Phi) is 4.48. The van der Waals surface area contributed by atoms with E-state index in [9.17, 15) is 0 Å². The molecule has 1 fully saturated rings. The lowest BCUT2D eigenvalue weighted by atomic mass is 9.97. The summed E-state index contributed by atoms with van der Waals surface area (Å²) in [6.45, 7) is 4.55. The third-order valence-corrected chi connectivity index (χ3v) is 4.06. The van der Waals surface area contributed by atoms with Gasteiger partial charge in [0.15, 0.2) is 0 Å². The van der Waals surface area contributed by atoms with Gasteiger partial charge in [0.1, 0.15) is 0 Å². The highest BCUT2D eigenvalue weighted by atomic mass is 15.1. The average molecular weight is 232 g/mol. The predicted octanol–water partition coefficient (Wildman–Crippen LogP) is 3.85. The number of nitrogens with zero attached hydrogens (tertiary/aromatic N) is 2. The summed E-state index contributed by atoms with van der Waals surface area (Å²) in [5.74, 6) is 0.181. The summed E-state index contributed by atoms with van der Waals surface area (Å²) in [7, 11) is 0. The maximum absolute atomic E-state index is 9.00. The van der Waals surface area contributed by atoms with Crippen LogP contribution in [0.5, 0.6) is 0 Å². The van der Waals surface area contributed by atoms with Crippen molar-refractivity contribution in [3.05, 3.63) is 11.3 Å². The van der Waals surface area contributed by atoms with Crippen LogP contribution in [-0.2, 0) is 0 Å². The van der Waals surface area contributed by atoms with Crippen molar-refractivity contribution >= 4 is 0 Å². The smallest absolute Gasteiger partial charge is 0.0656 e. The first-order chi connectivity index (χ1) is 8.31. The van der Waals surface area contributed by atoms with Crippen LogP contribution in [0.4, 0.5) is 0 Å². The molecule has 0 aromatic rings. The van der Waals surface area contributed by atoms with E-state index in [2.05, 4.69) is 17.9 Å². The molecule has 0 N–H and O–H groups in total. The van der Waals surface area contributed by atoms with E-state index >= 15 is 0 Å². The number of rotatable bonds is 3. The van der Waals surface area contributed by atoms with Crippen LogP contribution in [0.25, 0.3) is 0 Å². The van der Waals surface area contributed by atoms with Crippen molar-refractivity contribution in [2.45, 2.75) is 58.3 Å². The van der Waals surface area contributed by atoms with Crippen molar-refractivity contribution in [2.24, 2.45) is 5.92 Å². The highest BCUT2D eigenvalue weighted by Crippen LogP contribution is 2.32. The summed E-state index contributed by atoms with van der Waals surface area (Å²) < 4.78 is 0. The molecule has 1 heterocycles. The summed E-state index contributed by atoms with van der Waals surface area (Å²) in [6.07, 6.45) is 10.2. The molecule has 1 aliphatic carbocycles. The number of nitriles is 1. The number of hydrogen-bond acceptors (Lipinski definition) is 2. The lowest BCUT2D eigenvalue weighted by Crippen LogP contribution is -2.20. The summed E-state index contributed by atoms with van der Waals surface area (Å²) >= 11 is 0. The van der Waals surface area contributed by atoms with Gasteiger partial charge in [-0.05, 0) is 57.4 Å². The van der Waals surface area contributed by atoms with Gasteiger partial charge in [-0.2, -0.15) is 5.26 Å². The lowest BCUT2D eigenvalue weighted by molar-refractivity contribution is 0.398. The van der Waals surface area contributed by atoms with E-state index in [-0.39, 0.29) is 5.92 Å². The first-order valence-corrected chi connectivity index (χ1v) is 7.16. The Hall–Kier alpha value is -0.970. The molecular weight excluding hydrogens is 208 g/mol. The minimum absolute atomic E-state index is 0.181. The van der Waals surface area contributed by atoms with E-state index in [4.69, 9.17) is 5.26 Å². The van der Waals surface area contributed by atoms with Crippen molar-refractivity contribution < 1.29 is 0 Å². The molecule has 0 spiro atoms. The summed E-state index contributed by atoms with van der Waals surface area (Å²) in [5.41, 5.74) is 3.21. The Morgan fingerprint density at radius 1 is 1.12 bits per heavy atom. The second-order valence-corrected chi connectivity index (χ2v) is 5.54. The second-order valence-electron chi connectivity index (χ2n) is 5.54. The van der Waals surface area contributed by atoms with Crippen LogP contribution in [-0.4, -0.2) is 18.0 Å². The standard InChI is InChI=1S/C15H24N2/c1-13(12-16)11-14-7-3-2-4-8-15(14)17-9-5-6-10-17/h13H,2-11H2,1H3. The van der Waals surface area contributed by atoms with E-state index in [0.717, 1.165) is 6.42 Å². The molecule has 0 aromatic carbocycles. The molecule has 0 radical (unpaired) electrons. The molecule has 1 saturated heterocycles. The highest BCUT2D eigenvalue weighted by molar-refractivity contribution is 5.17. The van der Waals surface area contributed by atoms with Crippen LogP contribution in [0, 0.1) is 17.2 Å². The lowest BCUT2D eigenvalue weighted by Gasteiger charge is -2.25. The average Bonchev–Trinajstić information content (AvgIpc) is 2.77. The van der Waals surface area contributed by atoms with Gasteiger partial charge in [0, 0.05) is 24.7 Å². The van der Waals surface area contributed by atoms with Crippen molar-refractivity contribution in [1.82, 2.24) is 4.90 Å². The third-order valence-electron chi connectivity index (χ3n) is 4.06. The SMILES string of the molecule is CC(C#N)CC1=C(N2CCCC2)CCCCC1. The second kappa shape index (κ2) is 6.10. The summed E-state index contributed by atoms with van der Waals surface area (Å²) in [4.78, 5) is 2.60. The quantitative estimate of drug-likeness (QED) is 0.739. The Morgan fingerprint density at radius 2 is 1.82 bits per heavy atom. The molecule has 0 bridgehead atoms. The van der Waals surface area contributed by atoms with Gasteiger partial charge >= 0.3 is 0 Å². The van der Waals surface area contributed by atoms with Gasteiger partial charge in [0.05, 0.1) is 6.07 Å². The molecule has 2 rings (SSSR count). The third kappa shape index (κ3) is 3.25. The maximum Gasteiger partial charge on any atom is 0.0656 e. The van der Waals surface area contributed by atoms with Crippen LogP contribution in [0.3, 0.4) is 0 Å². The normalized spacial score (nSPS) is 23.4. The Bertz CT molecular complexity index is 318. The molecule has 1 aliphatic heterocycles. The molecular formula is C15H24N2. The molecule has 0 saturated carbocycles. The van der Waals surface area contributed by atoms with Crippen molar-refractivity contribution in [3.63, 3.8) is 0 Å². The molecule has 94 valence electrons. The zero-order valence-electron chi connectivity index (χ0n) is 11.0. The minimum Gasteiger partial charge on any atom is -0.375 e. The fourth-order valence-electron chi connectivity index (χ4n) is 3.13. The summed E-state index contributed by atoms with van der Waals surface area (Å²) in [5, 5.41) is 9.00. The van der Waals surface area contributed by atoms with Crippen molar-refractivity contribution in [3.8, 4) is 6.07 Å². The Balaban J connectivity index is 2.14. The van der Waals surface area contributed by atoms with Gasteiger partial charge in [-0.3, -0.25) is 0 Å². The number of hydrogen-bond donors (Lipinski definition) is 0. The van der Waals surface area contributed by atoms with Crippen molar-refractivity contribution in [2.75, 3.05) is 13.1 Å². The van der Waals surface area contributed by atoms with Crippen LogP contribution >= 0.6 is 0 Å². The Labute approximate surface area is 105 Å². The van der Waals surface area contributed by atoms with Crippen LogP contribution in [0.15, 0.2) is 11.3 Å². The highest BCUT2D eigenvalue weighted by Gasteiger charge is 2.21. The monoisotopic (exact) mass is 232 g/mol. The van der Waals surface area contributed by atoms with Gasteiger partial charge in [0.25, 0.3) is 0 Å². The number of likely N-dealkylation sites (tertiary alicyclic amines) is 1. The van der Waals surface area contributed by atoms with E-state index in [1.807, 2.05) is 0 Å². The molecule has 1 atom stereocenters. The van der Waals surface area contributed by atoms with Gasteiger partial charge in [-0.25, -0.2) is 0 Å². The fourth-order valence-corrected chi connectivity index (χ4v) is 3.13. The summed E-state index contributed by atoms with van der Waals surface area (Å²) in [6, 6.07) is 2.39. The zero-order chi connectivity index (χ0) is 12.1. The molecule has 2 aliphatic rings. The van der Waals surface area contributed by atoms with Crippen LogP contribution in [0.1, 0.15) is 58.3 Å². The minimum atomic E-state index is 0.181. The van der Waals surface area contributed by atoms with Gasteiger partial charge in [-0.15, -0.1) is 0 Å². The van der Waals surface area contributed by atoms with E-state index in [0.29, 0.717) is 0 Å². The Morgan fingerprint density at radius 3 is 2.53 bits per heavy atom. The predicted molar refractivity (Wildman–Crippen MR) is 70.3 cm³/mol. The first kappa shape index (κ1) is 12.5. The van der Waals surface area contributed by atoms with E-state index < -0.39 is 0 Å². The molecule has 0 amide bonds. The first-order valence-electron chi connectivity index (χ1n) is 7.16. The molecule has 2 nitrogen and oxygen atoms in total. The van der Waals surface area contributed by atoms with Gasteiger partial charge < -0.3 is 4.90 Å². The molecule has 17 heavy (non-hydrogen) atoms. The van der Waals surface area contributed by atoms with E-state index in [1.165, 1.54) is 58.0 Å². The molecule has 1 unspecified atom stereocenters. The topological polar surface area (TPSA) is 27.0 Å². The van der Waals surface area contributed by atoms with Crippen LogP contribution in [0.2, 0.25) is 0 Å². The number of allylic oxidation sites excluding steroid dienone is 2. The van der Waals surface area contributed by atoms with E-state index in [1.54, 1.807) is 11.3 Å².